The highest BCUT2D eigenvalue weighted by Crippen LogP contribution is 2.04. The first-order chi connectivity index (χ1) is 7.45. The van der Waals surface area contributed by atoms with E-state index in [4.69, 9.17) is 4.74 Å². The molecule has 16 heavy (non-hydrogen) atoms. The number of rotatable bonds is 9. The molecule has 0 aliphatic heterocycles. The SMILES string of the molecule is CCN(CC)CC(O)CNCC(C)(C)OC. The Hall–Kier alpha value is -0.160. The predicted molar refractivity (Wildman–Crippen MR) is 67.8 cm³/mol. The molecule has 0 aliphatic rings. The average molecular weight is 232 g/mol. The highest BCUT2D eigenvalue weighted by molar-refractivity contribution is 4.73. The third-order valence-electron chi connectivity index (χ3n) is 2.85. The van der Waals surface area contributed by atoms with Crippen molar-refractivity contribution in [3.05, 3.63) is 0 Å². The van der Waals surface area contributed by atoms with Crippen LogP contribution < -0.4 is 5.32 Å². The van der Waals surface area contributed by atoms with Gasteiger partial charge in [-0.2, -0.15) is 0 Å². The maximum Gasteiger partial charge on any atom is 0.0791 e. The molecule has 0 saturated heterocycles. The molecule has 0 aromatic carbocycles. The number of likely N-dealkylation sites (N-methyl/N-ethyl adjacent to an activating group) is 1. The molecule has 0 aliphatic carbocycles. The lowest BCUT2D eigenvalue weighted by Gasteiger charge is -2.26. The minimum absolute atomic E-state index is 0.172. The number of nitrogens with zero attached hydrogens (tertiary/aromatic N) is 1. The smallest absolute Gasteiger partial charge is 0.0791 e. The molecule has 98 valence electrons. The van der Waals surface area contributed by atoms with E-state index in [0.717, 1.165) is 26.2 Å². The molecule has 2 N–H and O–H groups in total. The predicted octanol–water partition coefficient (Wildman–Crippen LogP) is 0.704. The summed E-state index contributed by atoms with van der Waals surface area (Å²) >= 11 is 0. The van der Waals surface area contributed by atoms with Gasteiger partial charge in [0.1, 0.15) is 0 Å². The van der Waals surface area contributed by atoms with E-state index in [1.165, 1.54) is 0 Å². The van der Waals surface area contributed by atoms with Gasteiger partial charge in [-0.05, 0) is 26.9 Å². The molecule has 0 rings (SSSR count). The van der Waals surface area contributed by atoms with Gasteiger partial charge in [0, 0.05) is 26.7 Å². The Labute approximate surface area is 100.0 Å². The fraction of sp³-hybridized carbons (Fsp3) is 1.00. The minimum atomic E-state index is -0.312. The average Bonchev–Trinajstić information content (AvgIpc) is 2.25. The van der Waals surface area contributed by atoms with E-state index in [1.54, 1.807) is 7.11 Å². The van der Waals surface area contributed by atoms with Gasteiger partial charge in [0.05, 0.1) is 11.7 Å². The number of hydrogen-bond donors (Lipinski definition) is 2. The first-order valence-electron chi connectivity index (χ1n) is 6.11. The van der Waals surface area contributed by atoms with Crippen molar-refractivity contribution in [1.82, 2.24) is 10.2 Å². The summed E-state index contributed by atoms with van der Waals surface area (Å²) in [5.41, 5.74) is -0.172. The van der Waals surface area contributed by atoms with Crippen LogP contribution in [-0.4, -0.2) is 61.5 Å². The van der Waals surface area contributed by atoms with Crippen molar-refractivity contribution in [3.63, 3.8) is 0 Å². The number of aliphatic hydroxyl groups excluding tert-OH is 1. The Morgan fingerprint density at radius 2 is 1.88 bits per heavy atom. The van der Waals surface area contributed by atoms with E-state index in [9.17, 15) is 5.11 Å². The molecule has 0 amide bonds. The zero-order chi connectivity index (χ0) is 12.6. The van der Waals surface area contributed by atoms with Crippen LogP contribution in [0.15, 0.2) is 0 Å². The third-order valence-corrected chi connectivity index (χ3v) is 2.85. The van der Waals surface area contributed by atoms with Crippen molar-refractivity contribution in [3.8, 4) is 0 Å². The number of ether oxygens (including phenoxy) is 1. The summed E-state index contributed by atoms with van der Waals surface area (Å²) in [4.78, 5) is 2.22. The maximum atomic E-state index is 9.81. The van der Waals surface area contributed by atoms with Crippen molar-refractivity contribution in [2.24, 2.45) is 0 Å². The normalized spacial score (nSPS) is 14.4. The topological polar surface area (TPSA) is 44.7 Å². The highest BCUT2D eigenvalue weighted by atomic mass is 16.5. The summed E-state index contributed by atoms with van der Waals surface area (Å²) in [5.74, 6) is 0. The van der Waals surface area contributed by atoms with E-state index < -0.39 is 0 Å². The Morgan fingerprint density at radius 1 is 1.31 bits per heavy atom. The quantitative estimate of drug-likeness (QED) is 0.614. The summed E-state index contributed by atoms with van der Waals surface area (Å²) < 4.78 is 5.29. The standard InChI is InChI=1S/C12H28N2O2/c1-6-14(7-2)9-11(15)8-13-10-12(3,4)16-5/h11,13,15H,6-10H2,1-5H3. The van der Waals surface area contributed by atoms with Gasteiger partial charge in [0.15, 0.2) is 0 Å². The van der Waals surface area contributed by atoms with Crippen LogP contribution in [0.25, 0.3) is 0 Å². The molecule has 1 atom stereocenters. The van der Waals surface area contributed by atoms with Gasteiger partial charge in [-0.3, -0.25) is 0 Å². The van der Waals surface area contributed by atoms with Crippen LogP contribution in [0.4, 0.5) is 0 Å². The van der Waals surface area contributed by atoms with Gasteiger partial charge in [0.25, 0.3) is 0 Å². The summed E-state index contributed by atoms with van der Waals surface area (Å²) in [7, 11) is 1.70. The monoisotopic (exact) mass is 232 g/mol. The largest absolute Gasteiger partial charge is 0.390 e. The van der Waals surface area contributed by atoms with Crippen LogP contribution in [0.3, 0.4) is 0 Å². The van der Waals surface area contributed by atoms with Crippen LogP contribution in [0.1, 0.15) is 27.7 Å². The van der Waals surface area contributed by atoms with Crippen molar-refractivity contribution in [2.45, 2.75) is 39.4 Å². The fourth-order valence-electron chi connectivity index (χ4n) is 1.46. The van der Waals surface area contributed by atoms with Gasteiger partial charge in [-0.15, -0.1) is 0 Å². The number of nitrogens with one attached hydrogen (secondary N) is 1. The molecule has 0 aromatic rings. The van der Waals surface area contributed by atoms with Gasteiger partial charge >= 0.3 is 0 Å². The minimum Gasteiger partial charge on any atom is -0.390 e. The molecule has 0 bridgehead atoms. The zero-order valence-electron chi connectivity index (χ0n) is 11.4. The van der Waals surface area contributed by atoms with E-state index in [-0.39, 0.29) is 11.7 Å². The second-order valence-electron chi connectivity index (χ2n) is 4.73. The van der Waals surface area contributed by atoms with Crippen molar-refractivity contribution in [2.75, 3.05) is 39.8 Å². The van der Waals surface area contributed by atoms with Gasteiger partial charge in [0.2, 0.25) is 0 Å². The maximum absolute atomic E-state index is 9.81. The first-order valence-corrected chi connectivity index (χ1v) is 6.11. The highest BCUT2D eigenvalue weighted by Gasteiger charge is 2.16. The van der Waals surface area contributed by atoms with E-state index in [1.807, 2.05) is 13.8 Å². The molecule has 0 aromatic heterocycles. The molecule has 0 spiro atoms. The Bertz CT molecular complexity index is 170. The third kappa shape index (κ3) is 7.17. The number of methoxy groups -OCH3 is 1. The van der Waals surface area contributed by atoms with Crippen molar-refractivity contribution in [1.29, 1.82) is 0 Å². The molecule has 0 fully saturated rings. The van der Waals surface area contributed by atoms with Crippen molar-refractivity contribution < 1.29 is 9.84 Å². The van der Waals surface area contributed by atoms with E-state index >= 15 is 0 Å². The van der Waals surface area contributed by atoms with Crippen LogP contribution in [0, 0.1) is 0 Å². The van der Waals surface area contributed by atoms with Crippen molar-refractivity contribution >= 4 is 0 Å². The lowest BCUT2D eigenvalue weighted by molar-refractivity contribution is 0.0197. The summed E-state index contributed by atoms with van der Waals surface area (Å²) in [5, 5.41) is 13.0. The molecular formula is C12H28N2O2. The van der Waals surface area contributed by atoms with Gasteiger partial charge < -0.3 is 20.1 Å². The Morgan fingerprint density at radius 3 is 2.31 bits per heavy atom. The number of aliphatic hydroxyl groups is 1. The van der Waals surface area contributed by atoms with Crippen LogP contribution in [0.2, 0.25) is 0 Å². The molecule has 0 saturated carbocycles. The molecule has 1 unspecified atom stereocenters. The number of hydrogen-bond acceptors (Lipinski definition) is 4. The molecular weight excluding hydrogens is 204 g/mol. The summed E-state index contributed by atoms with van der Waals surface area (Å²) in [6.45, 7) is 12.3. The summed E-state index contributed by atoms with van der Waals surface area (Å²) in [6, 6.07) is 0. The van der Waals surface area contributed by atoms with Gasteiger partial charge in [-0.1, -0.05) is 13.8 Å². The molecule has 4 heteroatoms. The van der Waals surface area contributed by atoms with Crippen LogP contribution >= 0.6 is 0 Å². The molecule has 0 radical (unpaired) electrons. The second-order valence-corrected chi connectivity index (χ2v) is 4.73. The Kier molecular flexibility index (Phi) is 7.93. The summed E-state index contributed by atoms with van der Waals surface area (Å²) in [6.07, 6.45) is -0.312. The van der Waals surface area contributed by atoms with Crippen LogP contribution in [0.5, 0.6) is 0 Å². The lowest BCUT2D eigenvalue weighted by atomic mass is 10.1. The first kappa shape index (κ1) is 15.8. The van der Waals surface area contributed by atoms with Gasteiger partial charge in [-0.25, -0.2) is 0 Å². The zero-order valence-corrected chi connectivity index (χ0v) is 11.4. The fourth-order valence-corrected chi connectivity index (χ4v) is 1.46. The Balaban J connectivity index is 3.69. The van der Waals surface area contributed by atoms with Crippen LogP contribution in [-0.2, 0) is 4.74 Å². The molecule has 0 heterocycles. The van der Waals surface area contributed by atoms with E-state index in [2.05, 4.69) is 24.1 Å². The lowest BCUT2D eigenvalue weighted by Crippen LogP contribution is -2.43. The molecule has 4 nitrogen and oxygen atoms in total. The second kappa shape index (κ2) is 8.01. The van der Waals surface area contributed by atoms with E-state index in [0.29, 0.717) is 6.54 Å².